The zero-order chi connectivity index (χ0) is 97.1. The third-order valence-corrected chi connectivity index (χ3v) is 23.8. The molecule has 690 valence electrons. The molecule has 0 spiro atoms. The molecule has 18 aromatic heterocycles. The molecule has 0 bridgehead atoms. The van der Waals surface area contributed by atoms with Crippen molar-refractivity contribution in [2.75, 3.05) is 12.0 Å². The Labute approximate surface area is 802 Å². The van der Waals surface area contributed by atoms with Crippen molar-refractivity contribution in [2.24, 2.45) is 0 Å². The first-order valence-corrected chi connectivity index (χ1v) is 46.2. The van der Waals surface area contributed by atoms with Crippen LogP contribution in [0.3, 0.4) is 0 Å². The lowest BCUT2D eigenvalue weighted by atomic mass is 9.99. The summed E-state index contributed by atoms with van der Waals surface area (Å²) in [6.45, 7) is 1.95. The predicted octanol–water partition coefficient (Wildman–Crippen LogP) is 25.4. The number of anilines is 1. The Hall–Kier alpha value is -18.4. The van der Waals surface area contributed by atoms with E-state index in [1.54, 1.807) is 98.6 Å². The molecule has 0 atom stereocenters. The third-order valence-electron chi connectivity index (χ3n) is 22.9. The van der Waals surface area contributed by atoms with Crippen molar-refractivity contribution in [3.8, 4) is 134 Å². The number of hydrogen-bond donors (Lipinski definition) is 1. The van der Waals surface area contributed by atoms with Crippen molar-refractivity contribution in [1.29, 1.82) is 0 Å². The smallest absolute Gasteiger partial charge is 0.399 e. The van der Waals surface area contributed by atoms with Crippen LogP contribution < -0.4 is 5.73 Å². The molecule has 0 saturated heterocycles. The summed E-state index contributed by atoms with van der Waals surface area (Å²) < 4.78 is 128. The summed E-state index contributed by atoms with van der Waals surface area (Å²) in [5.74, 6) is -1.76. The lowest BCUT2D eigenvalue weighted by Gasteiger charge is -2.11. The second kappa shape index (κ2) is 40.7. The maximum absolute atomic E-state index is 14.3. The monoisotopic (exact) mass is 1890 g/mol. The normalized spacial score (nSPS) is 11.3. The zero-order valence-electron chi connectivity index (χ0n) is 75.1. The minimum absolute atomic E-state index is 0.0179. The summed E-state index contributed by atoms with van der Waals surface area (Å²) in [7, 11) is -3.09. The van der Waals surface area contributed by atoms with Crippen molar-refractivity contribution in [1.82, 2.24) is 86.2 Å². The molecule has 2 N–H and O–H groups in total. The van der Waals surface area contributed by atoms with Crippen molar-refractivity contribution in [2.45, 2.75) is 18.9 Å². The van der Waals surface area contributed by atoms with Crippen LogP contribution in [0.4, 0.5) is 36.4 Å². The number of rotatable bonds is 14. The number of nitrogens with zero attached hydrogens (tertiary/aromatic N) is 18. The van der Waals surface area contributed by atoms with Crippen LogP contribution in [-0.2, 0) is 21.8 Å². The van der Waals surface area contributed by atoms with Gasteiger partial charge >= 0.3 is 6.18 Å². The molecule has 0 aliphatic heterocycles. The minimum Gasteiger partial charge on any atom is -0.399 e. The number of fused-ring (bicyclic) bond motifs is 6. The average Bonchev–Trinajstić information content (AvgIpc) is 1.75. The molecule has 24 rings (SSSR count). The molecule has 141 heavy (non-hydrogen) atoms. The summed E-state index contributed by atoms with van der Waals surface area (Å²) in [4.78, 5) is 52.1. The van der Waals surface area contributed by atoms with E-state index in [0.717, 1.165) is 169 Å². The Morgan fingerprint density at radius 2 is 0.574 bits per heavy atom. The molecular weight excluding hydrogens is 1810 g/mol. The number of nitrogens with two attached hydrogens (primary N) is 1. The van der Waals surface area contributed by atoms with E-state index >= 15 is 0 Å². The van der Waals surface area contributed by atoms with Gasteiger partial charge in [0.25, 0.3) is 0 Å². The number of pyridine rings is 12. The number of benzene rings is 6. The Bertz CT molecular complexity index is 8600. The van der Waals surface area contributed by atoms with E-state index in [4.69, 9.17) is 5.73 Å². The van der Waals surface area contributed by atoms with Gasteiger partial charge in [-0.3, -0.25) is 29.9 Å². The lowest BCUT2D eigenvalue weighted by Crippen LogP contribution is -2.04. The van der Waals surface area contributed by atoms with Crippen LogP contribution >= 0.6 is 0 Å². The van der Waals surface area contributed by atoms with Gasteiger partial charge in [0.05, 0.1) is 45.5 Å². The van der Waals surface area contributed by atoms with Gasteiger partial charge in [-0.2, -0.15) is 13.2 Å². The number of aromatic nitrogens is 18. The third kappa shape index (κ3) is 21.3. The van der Waals surface area contributed by atoms with Crippen molar-refractivity contribution in [3.05, 3.63) is 468 Å². The Kier molecular flexibility index (Phi) is 26.4. The highest BCUT2D eigenvalue weighted by atomic mass is 32.2. The maximum atomic E-state index is 14.3. The highest BCUT2D eigenvalue weighted by molar-refractivity contribution is 7.89. The lowest BCUT2D eigenvalue weighted by molar-refractivity contribution is -0.137. The van der Waals surface area contributed by atoms with Crippen LogP contribution in [0, 0.1) is 30.2 Å². The van der Waals surface area contributed by atoms with Crippen LogP contribution in [0.25, 0.3) is 168 Å². The number of aryl methyl sites for hydroxylation is 1. The van der Waals surface area contributed by atoms with Gasteiger partial charge in [-0.15, -0.1) is 0 Å². The second-order valence-corrected chi connectivity index (χ2v) is 34.8. The zero-order valence-corrected chi connectivity index (χ0v) is 75.9. The van der Waals surface area contributed by atoms with Crippen LogP contribution in [0.2, 0.25) is 0 Å². The molecule has 0 radical (unpaired) electrons. The molecule has 0 fully saturated rings. The topological polar surface area (TPSA) is 241 Å². The molecular formula is C112H80F7N19O2S. The van der Waals surface area contributed by atoms with Gasteiger partial charge in [0.15, 0.2) is 9.84 Å². The molecule has 21 nitrogen and oxygen atoms in total. The van der Waals surface area contributed by atoms with E-state index in [1.807, 2.05) is 283 Å². The number of imidazole rings is 6. The largest absolute Gasteiger partial charge is 0.416 e. The Morgan fingerprint density at radius 1 is 0.270 bits per heavy atom. The fraction of sp³-hybridized carbons (Fsp3) is 0.0357. The van der Waals surface area contributed by atoms with Crippen molar-refractivity contribution in [3.63, 3.8) is 0 Å². The highest BCUT2D eigenvalue weighted by Gasteiger charge is 2.30. The van der Waals surface area contributed by atoms with Gasteiger partial charge in [-0.25, -0.2) is 55.9 Å². The first-order valence-electron chi connectivity index (χ1n) is 44.2. The highest BCUT2D eigenvalue weighted by Crippen LogP contribution is 2.40. The maximum Gasteiger partial charge on any atom is 0.416 e. The number of alkyl halides is 3. The molecule has 0 amide bonds. The van der Waals surface area contributed by atoms with Crippen LogP contribution in [-0.4, -0.2) is 101 Å². The van der Waals surface area contributed by atoms with Gasteiger partial charge in [0.2, 0.25) is 0 Å². The van der Waals surface area contributed by atoms with E-state index < -0.39 is 33.2 Å². The fourth-order valence-corrected chi connectivity index (χ4v) is 17.2. The summed E-state index contributed by atoms with van der Waals surface area (Å²) >= 11 is 0. The van der Waals surface area contributed by atoms with Crippen molar-refractivity contribution >= 4 is 49.4 Å². The number of hydrogen-bond acceptors (Lipinski definition) is 15. The summed E-state index contributed by atoms with van der Waals surface area (Å²) in [5, 5.41) is 0. The molecule has 29 heteroatoms. The van der Waals surface area contributed by atoms with Crippen LogP contribution in [0.5, 0.6) is 0 Å². The van der Waals surface area contributed by atoms with Crippen molar-refractivity contribution < 1.29 is 39.2 Å². The summed E-state index contributed by atoms with van der Waals surface area (Å²) in [6.07, 6.45) is 40.8. The molecule has 18 heterocycles. The van der Waals surface area contributed by atoms with Gasteiger partial charge in [-0.1, -0.05) is 103 Å². The SMILES string of the molecule is CS(=O)(=O)Cc1cccc(-c2ncccc2-c2ccc3nccn3c2)c1.Cc1ccc(F)c(-c2ncccc2-c2ccc3nccn3c2)c1.FC(F)(F)c1ccc(-c2ncccc2-c2ccc3nccn3c2)cc1.Fc1cc(F)cc(-c2ncccc2-c2ccc3nccn3c2)c1.Fc1cccc(-c2ncccc2-c2ccc3nccn3c2)c1.Nc1cccc(-c2ncccc2-c2ccc3nccn3c2)c1. The molecule has 0 aliphatic carbocycles. The van der Waals surface area contributed by atoms with E-state index in [2.05, 4.69) is 78.1 Å². The summed E-state index contributed by atoms with van der Waals surface area (Å²) in [6, 6.07) is 82.0. The molecule has 0 saturated carbocycles. The predicted molar refractivity (Wildman–Crippen MR) is 536 cm³/mol. The van der Waals surface area contributed by atoms with Crippen LogP contribution in [0.15, 0.2) is 428 Å². The van der Waals surface area contributed by atoms with E-state index in [9.17, 15) is 39.2 Å². The molecule has 0 unspecified atom stereocenters. The van der Waals surface area contributed by atoms with E-state index in [-0.39, 0.29) is 17.4 Å². The number of sulfone groups is 1. The van der Waals surface area contributed by atoms with Gasteiger partial charge in [0.1, 0.15) is 57.2 Å². The second-order valence-electron chi connectivity index (χ2n) is 32.7. The standard InChI is InChI=1S/C20H17N3O2S.C19H12F3N3.C19H14FN3.C18H11F2N3.C18H12FN3.C18H14N4/c1-26(24,25)14-15-4-2-5-16(12-15)20-18(6-3-9-22-20)17-7-8-19-21-10-11-23(19)13-17;20-19(21,22)15-6-3-13(4-7-15)18-16(2-1-9-24-18)14-5-8-17-23-10-11-25(17)12-14;1-13-4-6-17(20)16(11-13)19-15(3-2-8-22-19)14-5-7-18-21-9-10-23(18)12-14;19-14-8-13(9-15(20)10-14)18-16(2-1-5-22-18)12-3-4-17-21-6-7-23(17)11-12;2*19-15-4-1-3-13(11-15)18-16(5-2-8-21-18)14-6-7-17-20-9-10-22(17)12-14/h2-13H,14H2,1H3;1-12H;2-12H,1H3;1-11H;1-12H;1-12H,19H2. The molecule has 24 aromatic rings. The minimum atomic E-state index is -4.35. The first-order chi connectivity index (χ1) is 68.6. The number of nitrogen functional groups attached to an aromatic ring is 1. The van der Waals surface area contributed by atoms with Gasteiger partial charge in [0, 0.05) is 267 Å². The van der Waals surface area contributed by atoms with Gasteiger partial charge < -0.3 is 32.1 Å². The van der Waals surface area contributed by atoms with E-state index in [1.165, 1.54) is 48.7 Å². The first kappa shape index (κ1) is 91.7. The van der Waals surface area contributed by atoms with Gasteiger partial charge in [-0.05, 0) is 188 Å². The molecule has 0 aliphatic rings. The van der Waals surface area contributed by atoms with Crippen LogP contribution in [0.1, 0.15) is 16.7 Å². The summed E-state index contributed by atoms with van der Waals surface area (Å²) in [5.41, 5.74) is 33.0. The van der Waals surface area contributed by atoms with E-state index in [0.29, 0.717) is 33.8 Å². The average molecular weight is 1890 g/mol. The Morgan fingerprint density at radius 3 is 0.922 bits per heavy atom. The number of halogens is 7. The Balaban J connectivity index is 0.000000108. The quantitative estimate of drug-likeness (QED) is 0.0786. The molecule has 6 aromatic carbocycles. The fourth-order valence-electron chi connectivity index (χ4n) is 16.4.